The fourth-order valence-corrected chi connectivity index (χ4v) is 3.82. The lowest BCUT2D eigenvalue weighted by Crippen LogP contribution is -2.51. The number of hydrogen-bond acceptors (Lipinski definition) is 6. The molecule has 148 valence electrons. The van der Waals surface area contributed by atoms with E-state index in [1.807, 2.05) is 23.1 Å². The summed E-state index contributed by atoms with van der Waals surface area (Å²) in [6.07, 6.45) is 2.19. The van der Waals surface area contributed by atoms with Crippen LogP contribution < -0.4 is 0 Å². The molecule has 1 aliphatic carbocycles. The number of carbonyl (C=O) groups is 2. The first-order valence-electron chi connectivity index (χ1n) is 9.40. The Morgan fingerprint density at radius 2 is 1.93 bits per heavy atom. The lowest BCUT2D eigenvalue weighted by Gasteiger charge is -2.38. The zero-order valence-corrected chi connectivity index (χ0v) is 16.4. The van der Waals surface area contributed by atoms with E-state index in [1.54, 1.807) is 17.0 Å². The van der Waals surface area contributed by atoms with E-state index >= 15 is 0 Å². The molecule has 0 spiro atoms. The molecule has 2 heterocycles. The van der Waals surface area contributed by atoms with Crippen LogP contribution in [0.2, 0.25) is 5.02 Å². The summed E-state index contributed by atoms with van der Waals surface area (Å²) >= 11 is 6.31. The van der Waals surface area contributed by atoms with E-state index < -0.39 is 6.04 Å². The van der Waals surface area contributed by atoms with Crippen molar-refractivity contribution in [1.29, 1.82) is 0 Å². The van der Waals surface area contributed by atoms with Gasteiger partial charge in [-0.1, -0.05) is 35.0 Å². The first-order valence-corrected chi connectivity index (χ1v) is 9.78. The van der Waals surface area contributed by atoms with Crippen LogP contribution in [0.3, 0.4) is 0 Å². The highest BCUT2D eigenvalue weighted by atomic mass is 35.5. The number of aromatic nitrogens is 1. The van der Waals surface area contributed by atoms with Gasteiger partial charge in [0.2, 0.25) is 0 Å². The van der Waals surface area contributed by atoms with Gasteiger partial charge in [0.05, 0.1) is 7.11 Å². The Kier molecular flexibility index (Phi) is 5.37. The molecule has 4 rings (SSSR count). The van der Waals surface area contributed by atoms with Crippen LogP contribution in [0.15, 0.2) is 34.9 Å². The van der Waals surface area contributed by atoms with Gasteiger partial charge in [0, 0.05) is 43.2 Å². The van der Waals surface area contributed by atoms with Crippen molar-refractivity contribution in [2.75, 3.05) is 33.3 Å². The van der Waals surface area contributed by atoms with Crippen molar-refractivity contribution >= 4 is 23.5 Å². The summed E-state index contributed by atoms with van der Waals surface area (Å²) in [5.41, 5.74) is 1.06. The molecule has 2 aliphatic rings. The Morgan fingerprint density at radius 3 is 2.57 bits per heavy atom. The van der Waals surface area contributed by atoms with Gasteiger partial charge in [0.1, 0.15) is 11.8 Å². The molecule has 0 N–H and O–H groups in total. The molecule has 0 radical (unpaired) electrons. The van der Waals surface area contributed by atoms with E-state index in [1.165, 1.54) is 7.11 Å². The van der Waals surface area contributed by atoms with Gasteiger partial charge < -0.3 is 14.2 Å². The number of halogens is 1. The molecule has 1 aromatic heterocycles. The number of carbonyl (C=O) groups excluding carboxylic acids is 2. The quantitative estimate of drug-likeness (QED) is 0.714. The van der Waals surface area contributed by atoms with E-state index in [0.717, 1.165) is 18.6 Å². The fourth-order valence-electron chi connectivity index (χ4n) is 3.58. The minimum absolute atomic E-state index is 0.136. The Balaban J connectivity index is 1.44. The van der Waals surface area contributed by atoms with Gasteiger partial charge >= 0.3 is 5.97 Å². The first-order chi connectivity index (χ1) is 13.6. The van der Waals surface area contributed by atoms with Crippen LogP contribution in [0.1, 0.15) is 46.6 Å². The molecule has 1 saturated heterocycles. The highest BCUT2D eigenvalue weighted by Gasteiger charge is 2.35. The number of nitrogens with zero attached hydrogens (tertiary/aromatic N) is 3. The summed E-state index contributed by atoms with van der Waals surface area (Å²) in [6, 6.07) is 8.42. The van der Waals surface area contributed by atoms with Crippen molar-refractivity contribution in [3.05, 3.63) is 52.4 Å². The molecule has 1 amide bonds. The van der Waals surface area contributed by atoms with Crippen LogP contribution >= 0.6 is 11.6 Å². The van der Waals surface area contributed by atoms with Crippen LogP contribution in [-0.4, -0.2) is 60.1 Å². The van der Waals surface area contributed by atoms with Gasteiger partial charge in [-0.3, -0.25) is 9.69 Å². The van der Waals surface area contributed by atoms with Crippen molar-refractivity contribution in [3.8, 4) is 0 Å². The Hall–Kier alpha value is -2.38. The summed E-state index contributed by atoms with van der Waals surface area (Å²) in [5, 5.41) is 4.46. The Bertz CT molecular complexity index is 872. The number of rotatable bonds is 5. The molecule has 1 saturated carbocycles. The number of ether oxygens (including phenoxy) is 1. The maximum Gasteiger partial charge on any atom is 0.327 e. The van der Waals surface area contributed by atoms with Gasteiger partial charge in [-0.15, -0.1) is 0 Å². The number of piperazine rings is 1. The van der Waals surface area contributed by atoms with E-state index in [4.69, 9.17) is 20.9 Å². The molecule has 28 heavy (non-hydrogen) atoms. The van der Waals surface area contributed by atoms with E-state index in [-0.39, 0.29) is 11.9 Å². The van der Waals surface area contributed by atoms with Gasteiger partial charge in [0.15, 0.2) is 5.69 Å². The van der Waals surface area contributed by atoms with E-state index in [2.05, 4.69) is 5.16 Å². The standard InChI is InChI=1S/C20H22ClN3O4/c1-27-20(26)18(14-4-2-3-5-15(14)21)23-8-10-24(11-9-23)19(25)16-12-17(28-22-16)13-6-7-13/h2-5,12-13,18H,6-11H2,1H3/t18-/m0/s1. The predicted molar refractivity (Wildman–Crippen MR) is 102 cm³/mol. The van der Waals surface area contributed by atoms with Crippen LogP contribution in [0.25, 0.3) is 0 Å². The molecule has 1 atom stereocenters. The fraction of sp³-hybridized carbons (Fsp3) is 0.450. The van der Waals surface area contributed by atoms with E-state index in [0.29, 0.717) is 48.4 Å². The number of hydrogen-bond donors (Lipinski definition) is 0. The lowest BCUT2D eigenvalue weighted by molar-refractivity contribution is -0.148. The smallest absolute Gasteiger partial charge is 0.327 e. The average molecular weight is 404 g/mol. The van der Waals surface area contributed by atoms with Gasteiger partial charge in [0.25, 0.3) is 5.91 Å². The zero-order valence-electron chi connectivity index (χ0n) is 15.6. The SMILES string of the molecule is COC(=O)[C@H](c1ccccc1Cl)N1CCN(C(=O)c2cc(C3CC3)on2)CC1. The topological polar surface area (TPSA) is 75.9 Å². The molecule has 0 bridgehead atoms. The van der Waals surface area contributed by atoms with Crippen molar-refractivity contribution in [2.24, 2.45) is 0 Å². The number of benzene rings is 1. The van der Waals surface area contributed by atoms with Gasteiger partial charge in [-0.05, 0) is 24.5 Å². The molecule has 0 unspecified atom stereocenters. The third-order valence-corrected chi connectivity index (χ3v) is 5.66. The molecule has 1 aliphatic heterocycles. The first kappa shape index (κ1) is 19.0. The van der Waals surface area contributed by atoms with Crippen LogP contribution in [0, 0.1) is 0 Å². The van der Waals surface area contributed by atoms with Crippen molar-refractivity contribution in [1.82, 2.24) is 15.0 Å². The summed E-state index contributed by atoms with van der Waals surface area (Å²) in [7, 11) is 1.37. The minimum atomic E-state index is -0.593. The molecular formula is C20H22ClN3O4. The summed E-state index contributed by atoms with van der Waals surface area (Å²) < 4.78 is 10.3. The minimum Gasteiger partial charge on any atom is -0.468 e. The Morgan fingerprint density at radius 1 is 1.21 bits per heavy atom. The predicted octanol–water partition coefficient (Wildman–Crippen LogP) is 2.88. The average Bonchev–Trinajstić information content (AvgIpc) is 3.46. The van der Waals surface area contributed by atoms with Crippen LogP contribution in [0.5, 0.6) is 0 Å². The molecule has 8 heteroatoms. The molecule has 1 aromatic carbocycles. The largest absolute Gasteiger partial charge is 0.468 e. The third-order valence-electron chi connectivity index (χ3n) is 5.32. The molecule has 2 aromatic rings. The zero-order chi connectivity index (χ0) is 19.7. The van der Waals surface area contributed by atoms with Crippen molar-refractivity contribution < 1.29 is 18.8 Å². The maximum absolute atomic E-state index is 12.7. The summed E-state index contributed by atoms with van der Waals surface area (Å²) in [5.74, 6) is 0.718. The van der Waals surface area contributed by atoms with Gasteiger partial charge in [-0.2, -0.15) is 0 Å². The van der Waals surface area contributed by atoms with Crippen LogP contribution in [0.4, 0.5) is 0 Å². The van der Waals surface area contributed by atoms with Crippen molar-refractivity contribution in [3.63, 3.8) is 0 Å². The normalized spacial score (nSPS) is 18.7. The summed E-state index contributed by atoms with van der Waals surface area (Å²) in [4.78, 5) is 28.9. The lowest BCUT2D eigenvalue weighted by atomic mass is 10.0. The number of methoxy groups -OCH3 is 1. The Labute approximate surface area is 168 Å². The van der Waals surface area contributed by atoms with Crippen LogP contribution in [-0.2, 0) is 9.53 Å². The molecular weight excluding hydrogens is 382 g/mol. The third kappa shape index (κ3) is 3.77. The molecule has 2 fully saturated rings. The second-order valence-corrected chi connectivity index (χ2v) is 7.57. The maximum atomic E-state index is 12.7. The van der Waals surface area contributed by atoms with E-state index in [9.17, 15) is 9.59 Å². The summed E-state index contributed by atoms with van der Waals surface area (Å²) in [6.45, 7) is 2.04. The second-order valence-electron chi connectivity index (χ2n) is 7.16. The highest BCUT2D eigenvalue weighted by Crippen LogP contribution is 2.40. The molecule has 7 nitrogen and oxygen atoms in total. The number of amides is 1. The van der Waals surface area contributed by atoms with Crippen molar-refractivity contribution in [2.45, 2.75) is 24.8 Å². The second kappa shape index (κ2) is 7.93. The van der Waals surface area contributed by atoms with Gasteiger partial charge in [-0.25, -0.2) is 4.79 Å². The monoisotopic (exact) mass is 403 g/mol. The number of esters is 1. The highest BCUT2D eigenvalue weighted by molar-refractivity contribution is 6.31.